The molecule has 138 valence electrons. The summed E-state index contributed by atoms with van der Waals surface area (Å²) in [6.45, 7) is 21.0. The zero-order valence-electron chi connectivity index (χ0n) is 16.9. The minimum atomic E-state index is -0.246. The first-order valence-corrected chi connectivity index (χ1v) is 8.78. The SMILES string of the molecule is C=C/C(=C\C)c1ccc(C(C)OC(=O)C(C)C(C)(C)C)cc1.C=CC. The van der Waals surface area contributed by atoms with Gasteiger partial charge in [0.2, 0.25) is 0 Å². The van der Waals surface area contributed by atoms with Crippen molar-refractivity contribution < 1.29 is 9.53 Å². The van der Waals surface area contributed by atoms with Gasteiger partial charge in [-0.25, -0.2) is 0 Å². The second-order valence-corrected chi connectivity index (χ2v) is 7.15. The van der Waals surface area contributed by atoms with Gasteiger partial charge < -0.3 is 4.74 Å². The molecule has 1 rings (SSSR count). The van der Waals surface area contributed by atoms with Crippen molar-refractivity contribution in [3.8, 4) is 0 Å². The van der Waals surface area contributed by atoms with Gasteiger partial charge >= 0.3 is 5.97 Å². The molecule has 1 aromatic carbocycles. The fraction of sp³-hybridized carbons (Fsp3) is 0.435. The fourth-order valence-corrected chi connectivity index (χ4v) is 2.05. The van der Waals surface area contributed by atoms with E-state index in [1.165, 1.54) is 0 Å². The molecule has 0 aromatic heterocycles. The van der Waals surface area contributed by atoms with Gasteiger partial charge in [-0.1, -0.05) is 76.8 Å². The number of hydrogen-bond acceptors (Lipinski definition) is 2. The number of carbonyl (C=O) groups is 1. The van der Waals surface area contributed by atoms with Crippen LogP contribution in [0.3, 0.4) is 0 Å². The summed E-state index contributed by atoms with van der Waals surface area (Å²) in [4.78, 5) is 12.2. The average molecular weight is 343 g/mol. The molecule has 0 saturated heterocycles. The van der Waals surface area contributed by atoms with Crippen molar-refractivity contribution in [2.75, 3.05) is 0 Å². The van der Waals surface area contributed by atoms with E-state index in [0.717, 1.165) is 16.7 Å². The van der Waals surface area contributed by atoms with E-state index >= 15 is 0 Å². The van der Waals surface area contributed by atoms with E-state index in [-0.39, 0.29) is 23.4 Å². The summed E-state index contributed by atoms with van der Waals surface area (Å²) >= 11 is 0. The highest BCUT2D eigenvalue weighted by Gasteiger charge is 2.29. The zero-order valence-corrected chi connectivity index (χ0v) is 16.9. The van der Waals surface area contributed by atoms with Crippen molar-refractivity contribution in [1.82, 2.24) is 0 Å². The van der Waals surface area contributed by atoms with Crippen molar-refractivity contribution in [2.24, 2.45) is 11.3 Å². The molecule has 0 heterocycles. The second-order valence-electron chi connectivity index (χ2n) is 7.15. The summed E-state index contributed by atoms with van der Waals surface area (Å²) in [7, 11) is 0. The Morgan fingerprint density at radius 1 is 1.08 bits per heavy atom. The molecule has 0 aliphatic carbocycles. The molecule has 0 saturated carbocycles. The van der Waals surface area contributed by atoms with Gasteiger partial charge in [-0.15, -0.1) is 6.58 Å². The quantitative estimate of drug-likeness (QED) is 0.336. The molecule has 1 aromatic rings. The Balaban J connectivity index is 0.00000178. The maximum absolute atomic E-state index is 12.2. The molecule has 0 aliphatic rings. The molecule has 0 aliphatic heterocycles. The molecule has 2 heteroatoms. The van der Waals surface area contributed by atoms with E-state index in [1.54, 1.807) is 6.08 Å². The van der Waals surface area contributed by atoms with Crippen LogP contribution in [0.4, 0.5) is 0 Å². The number of allylic oxidation sites excluding steroid dienone is 4. The van der Waals surface area contributed by atoms with Gasteiger partial charge in [0.25, 0.3) is 0 Å². The van der Waals surface area contributed by atoms with Crippen LogP contribution in [0.15, 0.2) is 55.7 Å². The summed E-state index contributed by atoms with van der Waals surface area (Å²) in [5, 5.41) is 0. The van der Waals surface area contributed by atoms with Gasteiger partial charge in [0.1, 0.15) is 6.10 Å². The van der Waals surface area contributed by atoms with Gasteiger partial charge in [-0.05, 0) is 42.9 Å². The lowest BCUT2D eigenvalue weighted by Gasteiger charge is -2.27. The van der Waals surface area contributed by atoms with Crippen LogP contribution in [-0.2, 0) is 9.53 Å². The summed E-state index contributed by atoms with van der Waals surface area (Å²) in [6, 6.07) is 8.07. The normalized spacial score (nSPS) is 13.8. The monoisotopic (exact) mass is 342 g/mol. The third kappa shape index (κ3) is 7.55. The highest BCUT2D eigenvalue weighted by Crippen LogP contribution is 2.29. The molecule has 2 unspecified atom stereocenters. The smallest absolute Gasteiger partial charge is 0.309 e. The molecule has 0 radical (unpaired) electrons. The zero-order chi connectivity index (χ0) is 19.6. The molecular formula is C23H34O2. The highest BCUT2D eigenvalue weighted by molar-refractivity contribution is 5.74. The van der Waals surface area contributed by atoms with E-state index in [2.05, 4.69) is 13.2 Å². The second kappa shape index (κ2) is 10.7. The predicted molar refractivity (Wildman–Crippen MR) is 109 cm³/mol. The van der Waals surface area contributed by atoms with Gasteiger partial charge in [-0.2, -0.15) is 0 Å². The molecule has 0 bridgehead atoms. The van der Waals surface area contributed by atoms with Crippen LogP contribution in [0, 0.1) is 11.3 Å². The van der Waals surface area contributed by atoms with Crippen LogP contribution < -0.4 is 0 Å². The Labute approximate surface area is 154 Å². The molecular weight excluding hydrogens is 308 g/mol. The van der Waals surface area contributed by atoms with Gasteiger partial charge in [0.15, 0.2) is 0 Å². The van der Waals surface area contributed by atoms with Gasteiger partial charge in [0, 0.05) is 0 Å². The van der Waals surface area contributed by atoms with Crippen molar-refractivity contribution in [2.45, 2.75) is 54.6 Å². The predicted octanol–water partition coefficient (Wildman–Crippen LogP) is 6.75. The van der Waals surface area contributed by atoms with Crippen LogP contribution in [0.25, 0.3) is 5.57 Å². The van der Waals surface area contributed by atoms with Crippen molar-refractivity contribution in [3.05, 3.63) is 66.8 Å². The standard InChI is InChI=1S/C20H28O2.C3H6/c1-8-16(9-2)18-12-10-17(11-13-18)15(4)22-19(21)14(3)20(5,6)7;1-3-2/h8-15H,1H2,2-7H3;3H,1H2,2H3/b16-9+;. The summed E-state index contributed by atoms with van der Waals surface area (Å²) < 4.78 is 5.60. The van der Waals surface area contributed by atoms with Crippen LogP contribution in [0.5, 0.6) is 0 Å². The van der Waals surface area contributed by atoms with Crippen LogP contribution >= 0.6 is 0 Å². The topological polar surface area (TPSA) is 26.3 Å². The largest absolute Gasteiger partial charge is 0.458 e. The molecule has 2 nitrogen and oxygen atoms in total. The molecule has 25 heavy (non-hydrogen) atoms. The first-order valence-electron chi connectivity index (χ1n) is 8.78. The average Bonchev–Trinajstić information content (AvgIpc) is 2.55. The fourth-order valence-electron chi connectivity index (χ4n) is 2.05. The third-order valence-electron chi connectivity index (χ3n) is 4.19. The lowest BCUT2D eigenvalue weighted by atomic mass is 9.82. The van der Waals surface area contributed by atoms with Crippen molar-refractivity contribution in [3.63, 3.8) is 0 Å². The van der Waals surface area contributed by atoms with Crippen LogP contribution in [-0.4, -0.2) is 5.97 Å². The maximum atomic E-state index is 12.2. The summed E-state index contributed by atoms with van der Waals surface area (Å²) in [5.41, 5.74) is 3.11. The van der Waals surface area contributed by atoms with Crippen molar-refractivity contribution >= 4 is 11.5 Å². The van der Waals surface area contributed by atoms with Gasteiger partial charge in [0.05, 0.1) is 5.92 Å². The Bertz CT molecular complexity index is 586. The van der Waals surface area contributed by atoms with E-state index in [1.807, 2.05) is 84.9 Å². The first kappa shape index (κ1) is 22.9. The van der Waals surface area contributed by atoms with E-state index in [0.29, 0.717) is 0 Å². The lowest BCUT2D eigenvalue weighted by Crippen LogP contribution is -2.28. The number of ether oxygens (including phenoxy) is 1. The van der Waals surface area contributed by atoms with Crippen molar-refractivity contribution in [1.29, 1.82) is 0 Å². The van der Waals surface area contributed by atoms with Crippen LogP contribution in [0.1, 0.15) is 65.7 Å². The van der Waals surface area contributed by atoms with E-state index in [4.69, 9.17) is 4.74 Å². The number of hydrogen-bond donors (Lipinski definition) is 0. The minimum absolute atomic E-state index is 0.0918. The molecule has 0 fully saturated rings. The van der Waals surface area contributed by atoms with E-state index in [9.17, 15) is 4.79 Å². The Kier molecular flexibility index (Phi) is 9.81. The van der Waals surface area contributed by atoms with E-state index < -0.39 is 0 Å². The first-order chi connectivity index (χ1) is 11.6. The number of rotatable bonds is 5. The minimum Gasteiger partial charge on any atom is -0.458 e. The van der Waals surface area contributed by atoms with Gasteiger partial charge in [-0.3, -0.25) is 4.79 Å². The Morgan fingerprint density at radius 3 is 1.92 bits per heavy atom. The molecule has 0 spiro atoms. The number of benzene rings is 1. The number of carbonyl (C=O) groups excluding carboxylic acids is 1. The maximum Gasteiger partial charge on any atom is 0.309 e. The molecule has 0 N–H and O–H groups in total. The third-order valence-corrected chi connectivity index (χ3v) is 4.19. The number of esters is 1. The lowest BCUT2D eigenvalue weighted by molar-refractivity contribution is -0.156. The summed E-state index contributed by atoms with van der Waals surface area (Å²) in [6.07, 6.45) is 5.36. The Hall–Kier alpha value is -2.09. The van der Waals surface area contributed by atoms with Crippen LogP contribution in [0.2, 0.25) is 0 Å². The highest BCUT2D eigenvalue weighted by atomic mass is 16.5. The Morgan fingerprint density at radius 2 is 1.56 bits per heavy atom. The molecule has 0 amide bonds. The molecule has 2 atom stereocenters. The summed E-state index contributed by atoms with van der Waals surface area (Å²) in [5.74, 6) is -0.283.